The van der Waals surface area contributed by atoms with Crippen molar-refractivity contribution in [1.29, 1.82) is 0 Å². The zero-order chi connectivity index (χ0) is 30.7. The number of methoxy groups -OCH3 is 1. The molecule has 1 aliphatic rings. The van der Waals surface area contributed by atoms with Gasteiger partial charge in [-0.05, 0) is 78.3 Å². The van der Waals surface area contributed by atoms with Crippen molar-refractivity contribution >= 4 is 28.8 Å². The summed E-state index contributed by atoms with van der Waals surface area (Å²) in [5.41, 5.74) is 6.52. The van der Waals surface area contributed by atoms with Gasteiger partial charge in [0, 0.05) is 50.3 Å². The van der Waals surface area contributed by atoms with Crippen molar-refractivity contribution in [2.24, 2.45) is 7.05 Å². The second-order valence-electron chi connectivity index (χ2n) is 12.3. The Bertz CT molecular complexity index is 1650. The van der Waals surface area contributed by atoms with Crippen LogP contribution >= 0.6 is 0 Å². The second-order valence-corrected chi connectivity index (χ2v) is 12.3. The van der Waals surface area contributed by atoms with E-state index in [0.717, 1.165) is 54.0 Å². The molecule has 1 fully saturated rings. The van der Waals surface area contributed by atoms with Gasteiger partial charge in [0.15, 0.2) is 0 Å². The molecule has 0 saturated carbocycles. The van der Waals surface area contributed by atoms with Crippen LogP contribution in [0, 0.1) is 6.92 Å². The van der Waals surface area contributed by atoms with Crippen molar-refractivity contribution in [3.63, 3.8) is 0 Å². The van der Waals surface area contributed by atoms with E-state index in [1.54, 1.807) is 18.7 Å². The Morgan fingerprint density at radius 2 is 1.72 bits per heavy atom. The minimum atomic E-state index is -0.166. The Kier molecular flexibility index (Phi) is 8.69. The minimum absolute atomic E-state index is 0.0186. The molecule has 224 valence electrons. The SMILES string of the molecule is COC1CCN(c2ccc(Nc3cc(-c4cccc(NC(=O)c5ccc(C(C)(C)C)cc5)c4C)cn(C)c3=O)nc2)CC1. The fourth-order valence-corrected chi connectivity index (χ4v) is 5.48. The largest absolute Gasteiger partial charge is 0.381 e. The van der Waals surface area contributed by atoms with Crippen LogP contribution in [0.15, 0.2) is 77.9 Å². The summed E-state index contributed by atoms with van der Waals surface area (Å²) in [6.45, 7) is 10.3. The highest BCUT2D eigenvalue weighted by atomic mass is 16.5. The highest BCUT2D eigenvalue weighted by Crippen LogP contribution is 2.31. The van der Waals surface area contributed by atoms with Crippen LogP contribution in [0.2, 0.25) is 0 Å². The van der Waals surface area contributed by atoms with Crippen molar-refractivity contribution in [3.05, 3.63) is 100 Å². The predicted molar refractivity (Wildman–Crippen MR) is 175 cm³/mol. The number of carbonyl (C=O) groups excluding carboxylic acids is 1. The number of hydrogen-bond donors (Lipinski definition) is 2. The van der Waals surface area contributed by atoms with E-state index in [2.05, 4.69) is 41.3 Å². The highest BCUT2D eigenvalue weighted by molar-refractivity contribution is 6.05. The molecule has 8 heteroatoms. The number of ether oxygens (including phenoxy) is 1. The lowest BCUT2D eigenvalue weighted by molar-refractivity contribution is 0.0819. The Labute approximate surface area is 253 Å². The molecule has 0 bridgehead atoms. The lowest BCUT2D eigenvalue weighted by Gasteiger charge is -2.32. The molecule has 1 amide bonds. The molecule has 2 aromatic heterocycles. The van der Waals surface area contributed by atoms with Crippen molar-refractivity contribution in [2.45, 2.75) is 52.1 Å². The molecule has 0 unspecified atom stereocenters. The number of nitrogens with zero attached hydrogens (tertiary/aromatic N) is 3. The van der Waals surface area contributed by atoms with E-state index in [9.17, 15) is 9.59 Å². The third kappa shape index (κ3) is 6.81. The minimum Gasteiger partial charge on any atom is -0.381 e. The molecule has 43 heavy (non-hydrogen) atoms. The summed E-state index contributed by atoms with van der Waals surface area (Å²) in [5, 5.41) is 6.29. The lowest BCUT2D eigenvalue weighted by Crippen LogP contribution is -2.36. The molecule has 2 aromatic carbocycles. The summed E-state index contributed by atoms with van der Waals surface area (Å²) >= 11 is 0. The Morgan fingerprint density at radius 3 is 2.35 bits per heavy atom. The quantitative estimate of drug-likeness (QED) is 0.254. The van der Waals surface area contributed by atoms with Gasteiger partial charge in [0.2, 0.25) is 0 Å². The summed E-state index contributed by atoms with van der Waals surface area (Å²) in [6.07, 6.45) is 5.96. The van der Waals surface area contributed by atoms with Crippen LogP contribution in [0.4, 0.5) is 22.9 Å². The standard InChI is InChI=1S/C35H41N5O3/c1-23-29(8-7-9-30(23)38-33(41)24-10-12-26(13-11-24)35(2,3)4)25-20-31(34(42)39(5)22-25)37-32-15-14-27(21-36-32)40-18-16-28(43-6)17-19-40/h7-15,20-22,28H,16-19H2,1-6H3,(H,36,37)(H,38,41). The summed E-state index contributed by atoms with van der Waals surface area (Å²) in [6, 6.07) is 19.3. The number of amides is 1. The predicted octanol–water partition coefficient (Wildman–Crippen LogP) is 6.66. The number of pyridine rings is 2. The van der Waals surface area contributed by atoms with Crippen LogP contribution in [0.3, 0.4) is 0 Å². The average Bonchev–Trinajstić information content (AvgIpc) is 3.00. The number of carbonyl (C=O) groups is 1. The van der Waals surface area contributed by atoms with Crippen LogP contribution in [-0.4, -0.2) is 41.8 Å². The van der Waals surface area contributed by atoms with E-state index in [-0.39, 0.29) is 16.9 Å². The number of aromatic nitrogens is 2. The van der Waals surface area contributed by atoms with Crippen LogP contribution in [-0.2, 0) is 17.2 Å². The van der Waals surface area contributed by atoms with Crippen LogP contribution in [0.25, 0.3) is 11.1 Å². The van der Waals surface area contributed by atoms with Gasteiger partial charge in [-0.15, -0.1) is 0 Å². The molecule has 3 heterocycles. The summed E-state index contributed by atoms with van der Waals surface area (Å²) < 4.78 is 7.05. The van der Waals surface area contributed by atoms with Gasteiger partial charge in [-0.1, -0.05) is 45.0 Å². The lowest BCUT2D eigenvalue weighted by atomic mass is 9.86. The Balaban J connectivity index is 1.34. The van der Waals surface area contributed by atoms with Crippen LogP contribution in [0.1, 0.15) is 55.1 Å². The van der Waals surface area contributed by atoms with Gasteiger partial charge < -0.3 is 24.8 Å². The average molecular weight is 580 g/mol. The van der Waals surface area contributed by atoms with E-state index in [4.69, 9.17) is 4.74 Å². The fraction of sp³-hybridized carbons (Fsp3) is 0.343. The maximum Gasteiger partial charge on any atom is 0.274 e. The first-order chi connectivity index (χ1) is 20.5. The summed E-state index contributed by atoms with van der Waals surface area (Å²) in [7, 11) is 3.50. The monoisotopic (exact) mass is 579 g/mol. The molecule has 0 aliphatic carbocycles. The maximum absolute atomic E-state index is 13.1. The first-order valence-corrected chi connectivity index (χ1v) is 14.8. The molecule has 4 aromatic rings. The molecule has 8 nitrogen and oxygen atoms in total. The molecule has 5 rings (SSSR count). The van der Waals surface area contributed by atoms with Crippen molar-refractivity contribution < 1.29 is 9.53 Å². The van der Waals surface area contributed by atoms with E-state index in [1.165, 1.54) is 5.56 Å². The summed E-state index contributed by atoms with van der Waals surface area (Å²) in [5.74, 6) is 0.432. The molecule has 1 saturated heterocycles. The zero-order valence-corrected chi connectivity index (χ0v) is 25.9. The molecular weight excluding hydrogens is 538 g/mol. The van der Waals surface area contributed by atoms with E-state index in [0.29, 0.717) is 23.2 Å². The molecule has 0 radical (unpaired) electrons. The second kappa shape index (κ2) is 12.4. The normalized spacial score (nSPS) is 14.0. The van der Waals surface area contributed by atoms with Crippen molar-refractivity contribution in [1.82, 2.24) is 9.55 Å². The maximum atomic E-state index is 13.1. The number of benzene rings is 2. The van der Waals surface area contributed by atoms with Crippen LogP contribution in [0.5, 0.6) is 0 Å². The molecule has 0 atom stereocenters. The van der Waals surface area contributed by atoms with Crippen molar-refractivity contribution in [3.8, 4) is 11.1 Å². The van der Waals surface area contributed by atoms with E-state index in [1.807, 2.05) is 80.0 Å². The number of aryl methyl sites for hydroxylation is 1. The molecule has 0 spiro atoms. The first kappa shape index (κ1) is 30.0. The number of nitrogens with one attached hydrogen (secondary N) is 2. The zero-order valence-electron chi connectivity index (χ0n) is 25.9. The van der Waals surface area contributed by atoms with Gasteiger partial charge in [-0.2, -0.15) is 0 Å². The van der Waals surface area contributed by atoms with Gasteiger partial charge in [0.1, 0.15) is 11.5 Å². The fourth-order valence-electron chi connectivity index (χ4n) is 5.48. The molecule has 1 aliphatic heterocycles. The highest BCUT2D eigenvalue weighted by Gasteiger charge is 2.20. The van der Waals surface area contributed by atoms with Crippen molar-refractivity contribution in [2.75, 3.05) is 35.7 Å². The third-order valence-electron chi connectivity index (χ3n) is 8.24. The number of piperidine rings is 1. The molecule has 2 N–H and O–H groups in total. The topological polar surface area (TPSA) is 88.5 Å². The van der Waals surface area contributed by atoms with Gasteiger partial charge >= 0.3 is 0 Å². The Morgan fingerprint density at radius 1 is 1.00 bits per heavy atom. The van der Waals surface area contributed by atoms with E-state index >= 15 is 0 Å². The third-order valence-corrected chi connectivity index (χ3v) is 8.24. The smallest absolute Gasteiger partial charge is 0.274 e. The number of hydrogen-bond acceptors (Lipinski definition) is 6. The van der Waals surface area contributed by atoms with E-state index < -0.39 is 0 Å². The van der Waals surface area contributed by atoms with Gasteiger partial charge in [0.05, 0.1) is 18.0 Å². The van der Waals surface area contributed by atoms with Gasteiger partial charge in [-0.3, -0.25) is 9.59 Å². The number of anilines is 4. The molecular formula is C35H41N5O3. The summed E-state index contributed by atoms with van der Waals surface area (Å²) in [4.78, 5) is 33.1. The Hall–Kier alpha value is -4.43. The number of rotatable bonds is 7. The van der Waals surface area contributed by atoms with Gasteiger partial charge in [0.25, 0.3) is 11.5 Å². The van der Waals surface area contributed by atoms with Gasteiger partial charge in [-0.25, -0.2) is 4.98 Å². The van der Waals surface area contributed by atoms with Crippen LogP contribution < -0.4 is 21.1 Å². The first-order valence-electron chi connectivity index (χ1n) is 14.8.